The Morgan fingerprint density at radius 2 is 1.86 bits per heavy atom. The van der Waals surface area contributed by atoms with E-state index in [1.807, 2.05) is 25.1 Å². The van der Waals surface area contributed by atoms with Crippen molar-refractivity contribution in [2.24, 2.45) is 5.73 Å². The molecule has 0 spiro atoms. The van der Waals surface area contributed by atoms with E-state index >= 15 is 0 Å². The zero-order valence-corrected chi connectivity index (χ0v) is 9.12. The predicted molar refractivity (Wildman–Crippen MR) is 59.4 cm³/mol. The molecule has 14 heavy (non-hydrogen) atoms. The van der Waals surface area contributed by atoms with Crippen molar-refractivity contribution in [3.8, 4) is 5.75 Å². The first-order valence-electron chi connectivity index (χ1n) is 5.15. The molecule has 0 aromatic heterocycles. The van der Waals surface area contributed by atoms with Crippen molar-refractivity contribution in [1.82, 2.24) is 0 Å². The average Bonchev–Trinajstić information content (AvgIpc) is 2.16. The lowest BCUT2D eigenvalue weighted by Crippen LogP contribution is -2.09. The smallest absolute Gasteiger partial charge is 0.123 e. The van der Waals surface area contributed by atoms with Crippen molar-refractivity contribution in [3.05, 3.63) is 29.3 Å². The van der Waals surface area contributed by atoms with Gasteiger partial charge in [0.05, 0.1) is 0 Å². The van der Waals surface area contributed by atoms with E-state index < -0.39 is 0 Å². The van der Waals surface area contributed by atoms with Crippen LogP contribution in [0.4, 0.5) is 0 Å². The first-order valence-corrected chi connectivity index (χ1v) is 5.15. The maximum Gasteiger partial charge on any atom is 0.123 e. The Morgan fingerprint density at radius 3 is 2.36 bits per heavy atom. The number of nitrogens with two attached hydrogens (primary N) is 1. The largest absolute Gasteiger partial charge is 0.507 e. The third kappa shape index (κ3) is 2.07. The van der Waals surface area contributed by atoms with Gasteiger partial charge in [0.2, 0.25) is 0 Å². The van der Waals surface area contributed by atoms with Crippen LogP contribution in [0.15, 0.2) is 18.2 Å². The topological polar surface area (TPSA) is 46.2 Å². The molecule has 0 aliphatic rings. The van der Waals surface area contributed by atoms with Crippen LogP contribution < -0.4 is 5.73 Å². The summed E-state index contributed by atoms with van der Waals surface area (Å²) in [5.74, 6) is 0.704. The zero-order chi connectivity index (χ0) is 10.7. The molecule has 0 saturated heterocycles. The van der Waals surface area contributed by atoms with Crippen LogP contribution in [0.5, 0.6) is 5.75 Å². The first kappa shape index (κ1) is 11.1. The predicted octanol–water partition coefficient (Wildman–Crippen LogP) is 2.93. The fraction of sp³-hybridized carbons (Fsp3) is 0.500. The Hall–Kier alpha value is -1.02. The molecule has 1 atom stereocenters. The van der Waals surface area contributed by atoms with Crippen molar-refractivity contribution in [1.29, 1.82) is 0 Å². The number of phenols is 1. The third-order valence-electron chi connectivity index (χ3n) is 2.56. The molecule has 78 valence electrons. The maximum atomic E-state index is 9.98. The minimum Gasteiger partial charge on any atom is -0.507 e. The van der Waals surface area contributed by atoms with E-state index in [2.05, 4.69) is 13.8 Å². The van der Waals surface area contributed by atoms with Gasteiger partial charge in [-0.15, -0.1) is 0 Å². The standard InChI is InChI=1S/C12H19NO/c1-4-11(13)10-7-5-6-9(8(2)3)12(10)14/h5-8,11,14H,4,13H2,1-3H3. The fourth-order valence-corrected chi connectivity index (χ4v) is 1.56. The molecule has 2 nitrogen and oxygen atoms in total. The second kappa shape index (κ2) is 4.47. The van der Waals surface area contributed by atoms with E-state index in [1.165, 1.54) is 0 Å². The molecule has 0 fully saturated rings. The molecule has 0 aliphatic heterocycles. The number of hydrogen-bond donors (Lipinski definition) is 2. The lowest BCUT2D eigenvalue weighted by atomic mass is 9.95. The molecule has 1 rings (SSSR count). The highest BCUT2D eigenvalue weighted by Gasteiger charge is 2.13. The monoisotopic (exact) mass is 193 g/mol. The second-order valence-electron chi connectivity index (χ2n) is 3.95. The highest BCUT2D eigenvalue weighted by Crippen LogP contribution is 2.32. The molecule has 0 amide bonds. The minimum absolute atomic E-state index is 0.0614. The fourth-order valence-electron chi connectivity index (χ4n) is 1.56. The van der Waals surface area contributed by atoms with Gasteiger partial charge in [-0.1, -0.05) is 39.0 Å². The lowest BCUT2D eigenvalue weighted by molar-refractivity contribution is 0.450. The first-order chi connectivity index (χ1) is 6.57. The van der Waals surface area contributed by atoms with Gasteiger partial charge in [0, 0.05) is 11.6 Å². The molecule has 1 unspecified atom stereocenters. The van der Waals surface area contributed by atoms with E-state index in [0.717, 1.165) is 17.5 Å². The summed E-state index contributed by atoms with van der Waals surface area (Å²) in [6, 6.07) is 5.75. The maximum absolute atomic E-state index is 9.98. The van der Waals surface area contributed by atoms with Crippen molar-refractivity contribution < 1.29 is 5.11 Å². The molecule has 0 saturated carbocycles. The highest BCUT2D eigenvalue weighted by atomic mass is 16.3. The number of hydrogen-bond acceptors (Lipinski definition) is 2. The second-order valence-corrected chi connectivity index (χ2v) is 3.95. The van der Waals surface area contributed by atoms with E-state index in [0.29, 0.717) is 11.7 Å². The zero-order valence-electron chi connectivity index (χ0n) is 9.12. The van der Waals surface area contributed by atoms with E-state index in [4.69, 9.17) is 5.73 Å². The molecule has 1 aromatic rings. The molecule has 3 N–H and O–H groups in total. The van der Waals surface area contributed by atoms with Crippen LogP contribution in [0, 0.1) is 0 Å². The summed E-state index contributed by atoms with van der Waals surface area (Å²) >= 11 is 0. The summed E-state index contributed by atoms with van der Waals surface area (Å²) in [6.45, 7) is 6.15. The summed E-state index contributed by atoms with van der Waals surface area (Å²) in [6.07, 6.45) is 0.842. The quantitative estimate of drug-likeness (QED) is 0.775. The van der Waals surface area contributed by atoms with Crippen LogP contribution in [0.2, 0.25) is 0 Å². The third-order valence-corrected chi connectivity index (χ3v) is 2.56. The molecule has 2 heteroatoms. The summed E-state index contributed by atoms with van der Waals surface area (Å²) in [4.78, 5) is 0. The van der Waals surface area contributed by atoms with Crippen LogP contribution >= 0.6 is 0 Å². The Morgan fingerprint density at radius 1 is 1.29 bits per heavy atom. The number of rotatable bonds is 3. The Labute approximate surface area is 85.8 Å². The summed E-state index contributed by atoms with van der Waals surface area (Å²) < 4.78 is 0. The molecule has 0 bridgehead atoms. The van der Waals surface area contributed by atoms with Crippen LogP contribution in [-0.2, 0) is 0 Å². The number of para-hydroxylation sites is 1. The Balaban J connectivity index is 3.13. The van der Waals surface area contributed by atoms with Gasteiger partial charge in [0.15, 0.2) is 0 Å². The lowest BCUT2D eigenvalue weighted by Gasteiger charge is -2.15. The summed E-state index contributed by atoms with van der Waals surface area (Å²) in [7, 11) is 0. The van der Waals surface area contributed by atoms with Crippen LogP contribution in [0.1, 0.15) is 50.3 Å². The normalized spacial score (nSPS) is 13.2. The molecular formula is C12H19NO. The number of phenolic OH excluding ortho intramolecular Hbond substituents is 1. The van der Waals surface area contributed by atoms with Crippen LogP contribution in [0.25, 0.3) is 0 Å². The van der Waals surface area contributed by atoms with Gasteiger partial charge in [-0.05, 0) is 17.9 Å². The Bertz CT molecular complexity index is 307. The SMILES string of the molecule is CCC(N)c1cccc(C(C)C)c1O. The van der Waals surface area contributed by atoms with Gasteiger partial charge in [-0.3, -0.25) is 0 Å². The van der Waals surface area contributed by atoms with E-state index in [1.54, 1.807) is 0 Å². The summed E-state index contributed by atoms with van der Waals surface area (Å²) in [5, 5.41) is 9.98. The van der Waals surface area contributed by atoms with E-state index in [9.17, 15) is 5.11 Å². The van der Waals surface area contributed by atoms with Crippen molar-refractivity contribution in [2.45, 2.75) is 39.2 Å². The van der Waals surface area contributed by atoms with Crippen LogP contribution in [-0.4, -0.2) is 5.11 Å². The van der Waals surface area contributed by atoms with Crippen molar-refractivity contribution in [3.63, 3.8) is 0 Å². The molecule has 1 aromatic carbocycles. The van der Waals surface area contributed by atoms with Crippen molar-refractivity contribution >= 4 is 0 Å². The van der Waals surface area contributed by atoms with E-state index in [-0.39, 0.29) is 6.04 Å². The minimum atomic E-state index is -0.0614. The van der Waals surface area contributed by atoms with Gasteiger partial charge < -0.3 is 10.8 Å². The highest BCUT2D eigenvalue weighted by molar-refractivity contribution is 5.43. The van der Waals surface area contributed by atoms with Crippen molar-refractivity contribution in [2.75, 3.05) is 0 Å². The van der Waals surface area contributed by atoms with Gasteiger partial charge in [-0.2, -0.15) is 0 Å². The average molecular weight is 193 g/mol. The molecule has 0 heterocycles. The molecular weight excluding hydrogens is 174 g/mol. The number of benzene rings is 1. The van der Waals surface area contributed by atoms with Gasteiger partial charge in [-0.25, -0.2) is 0 Å². The van der Waals surface area contributed by atoms with Gasteiger partial charge >= 0.3 is 0 Å². The molecule has 0 radical (unpaired) electrons. The summed E-state index contributed by atoms with van der Waals surface area (Å²) in [5.41, 5.74) is 7.74. The number of aromatic hydroxyl groups is 1. The van der Waals surface area contributed by atoms with Crippen LogP contribution in [0.3, 0.4) is 0 Å². The molecule has 0 aliphatic carbocycles. The van der Waals surface area contributed by atoms with Gasteiger partial charge in [0.25, 0.3) is 0 Å². The van der Waals surface area contributed by atoms with Gasteiger partial charge in [0.1, 0.15) is 5.75 Å². The Kier molecular flexibility index (Phi) is 3.53.